The molecule has 26 heavy (non-hydrogen) atoms. The lowest BCUT2D eigenvalue weighted by molar-refractivity contribution is -0.121. The number of nitrogens with one attached hydrogen (secondary N) is 2. The summed E-state index contributed by atoms with van der Waals surface area (Å²) in [6.45, 7) is 8.09. The second kappa shape index (κ2) is 12.1. The Morgan fingerprint density at radius 3 is 2.62 bits per heavy atom. The molecule has 0 aromatic heterocycles. The second-order valence-corrected chi connectivity index (χ2v) is 7.08. The summed E-state index contributed by atoms with van der Waals surface area (Å²) in [5.74, 6) is 1.63. The van der Waals surface area contributed by atoms with Crippen molar-refractivity contribution in [3.63, 3.8) is 0 Å². The summed E-state index contributed by atoms with van der Waals surface area (Å²) in [7, 11) is 1.71. The Kier molecular flexibility index (Phi) is 9.77. The van der Waals surface area contributed by atoms with Crippen molar-refractivity contribution < 1.29 is 14.3 Å². The summed E-state index contributed by atoms with van der Waals surface area (Å²) < 4.78 is 11.3. The van der Waals surface area contributed by atoms with E-state index in [1.165, 1.54) is 0 Å². The van der Waals surface area contributed by atoms with Crippen molar-refractivity contribution in [2.24, 2.45) is 10.9 Å². The van der Waals surface area contributed by atoms with Gasteiger partial charge in [-0.05, 0) is 44.9 Å². The van der Waals surface area contributed by atoms with Crippen LogP contribution in [0.1, 0.15) is 45.4 Å². The van der Waals surface area contributed by atoms with Crippen molar-refractivity contribution in [3.8, 4) is 0 Å². The van der Waals surface area contributed by atoms with Gasteiger partial charge in [0, 0.05) is 59.5 Å². The van der Waals surface area contributed by atoms with E-state index in [-0.39, 0.29) is 5.91 Å². The van der Waals surface area contributed by atoms with E-state index in [1.54, 1.807) is 7.05 Å². The first-order chi connectivity index (χ1) is 12.7. The van der Waals surface area contributed by atoms with Crippen LogP contribution in [-0.2, 0) is 14.3 Å². The zero-order chi connectivity index (χ0) is 18.6. The number of amides is 1. The Morgan fingerprint density at radius 2 is 1.96 bits per heavy atom. The average molecular weight is 369 g/mol. The third-order valence-electron chi connectivity index (χ3n) is 5.09. The first kappa shape index (κ1) is 21.0. The largest absolute Gasteiger partial charge is 0.381 e. The van der Waals surface area contributed by atoms with Gasteiger partial charge in [0.15, 0.2) is 5.96 Å². The van der Waals surface area contributed by atoms with Crippen molar-refractivity contribution in [2.45, 2.75) is 51.6 Å². The number of nitrogens with zero attached hydrogens (tertiary/aromatic N) is 2. The van der Waals surface area contributed by atoms with Crippen LogP contribution < -0.4 is 10.6 Å². The summed E-state index contributed by atoms with van der Waals surface area (Å²) in [6, 6.07) is 0. The van der Waals surface area contributed by atoms with E-state index in [0.29, 0.717) is 18.4 Å². The quantitative estimate of drug-likeness (QED) is 0.385. The van der Waals surface area contributed by atoms with E-state index in [4.69, 9.17) is 14.5 Å². The Bertz CT molecular complexity index is 431. The van der Waals surface area contributed by atoms with Crippen LogP contribution >= 0.6 is 0 Å². The Morgan fingerprint density at radius 1 is 1.23 bits per heavy atom. The highest BCUT2D eigenvalue weighted by Crippen LogP contribution is 2.20. The fourth-order valence-electron chi connectivity index (χ4n) is 3.48. The molecule has 0 unspecified atom stereocenters. The number of likely N-dealkylation sites (tertiary alicyclic amines) is 1. The molecule has 0 aromatic carbocycles. The molecule has 0 aliphatic carbocycles. The summed E-state index contributed by atoms with van der Waals surface area (Å²) >= 11 is 0. The van der Waals surface area contributed by atoms with Gasteiger partial charge in [-0.2, -0.15) is 0 Å². The summed E-state index contributed by atoms with van der Waals surface area (Å²) in [4.78, 5) is 18.6. The van der Waals surface area contributed by atoms with Crippen molar-refractivity contribution in [3.05, 3.63) is 0 Å². The monoisotopic (exact) mass is 368 g/mol. The number of guanidine groups is 1. The minimum absolute atomic E-state index is 0.147. The predicted molar refractivity (Wildman–Crippen MR) is 103 cm³/mol. The van der Waals surface area contributed by atoms with E-state index in [9.17, 15) is 4.79 Å². The lowest BCUT2D eigenvalue weighted by Crippen LogP contribution is -2.46. The molecule has 0 saturated carbocycles. The topological polar surface area (TPSA) is 75.2 Å². The Labute approximate surface area is 157 Å². The number of hydrogen-bond acceptors (Lipinski definition) is 4. The van der Waals surface area contributed by atoms with Gasteiger partial charge in [-0.1, -0.05) is 0 Å². The van der Waals surface area contributed by atoms with Crippen LogP contribution in [0.4, 0.5) is 0 Å². The molecule has 150 valence electrons. The number of rotatable bonds is 8. The molecule has 2 saturated heterocycles. The van der Waals surface area contributed by atoms with Crippen LogP contribution in [0.25, 0.3) is 0 Å². The number of piperidine rings is 1. The van der Waals surface area contributed by atoms with Gasteiger partial charge in [-0.25, -0.2) is 0 Å². The van der Waals surface area contributed by atoms with Crippen molar-refractivity contribution in [2.75, 3.05) is 53.0 Å². The molecule has 2 heterocycles. The summed E-state index contributed by atoms with van der Waals surface area (Å²) in [6.07, 6.45) is 6.06. The standard InChI is InChI=1S/C19H36N4O3/c1-3-21-19(22-9-4-12-26-17-7-13-25-14-8-17)23-10-5-16(6-11-23)15-18(24)20-2/h16-17H,3-15H2,1-2H3,(H,20,24)(H,21,22). The van der Waals surface area contributed by atoms with Gasteiger partial charge in [0.05, 0.1) is 6.10 Å². The highest BCUT2D eigenvalue weighted by molar-refractivity contribution is 5.80. The Hall–Kier alpha value is -1.34. The van der Waals surface area contributed by atoms with Gasteiger partial charge in [0.1, 0.15) is 0 Å². The molecule has 0 atom stereocenters. The summed E-state index contributed by atoms with van der Waals surface area (Å²) in [5.41, 5.74) is 0. The molecule has 1 amide bonds. The molecule has 2 rings (SSSR count). The maximum atomic E-state index is 11.5. The minimum atomic E-state index is 0.147. The van der Waals surface area contributed by atoms with Crippen molar-refractivity contribution in [1.29, 1.82) is 0 Å². The lowest BCUT2D eigenvalue weighted by atomic mass is 9.93. The highest BCUT2D eigenvalue weighted by Gasteiger charge is 2.23. The average Bonchev–Trinajstić information content (AvgIpc) is 2.68. The molecule has 2 fully saturated rings. The van der Waals surface area contributed by atoms with Crippen LogP contribution in [0.5, 0.6) is 0 Å². The third kappa shape index (κ3) is 7.50. The van der Waals surface area contributed by atoms with Crippen LogP contribution in [0, 0.1) is 5.92 Å². The molecule has 7 nitrogen and oxygen atoms in total. The van der Waals surface area contributed by atoms with Crippen LogP contribution in [0.2, 0.25) is 0 Å². The fourth-order valence-corrected chi connectivity index (χ4v) is 3.48. The molecule has 7 heteroatoms. The van der Waals surface area contributed by atoms with E-state index in [2.05, 4.69) is 22.5 Å². The number of carbonyl (C=O) groups excluding carboxylic acids is 1. The summed E-state index contributed by atoms with van der Waals surface area (Å²) in [5, 5.41) is 6.12. The molecule has 2 N–H and O–H groups in total. The number of hydrogen-bond donors (Lipinski definition) is 2. The van der Waals surface area contributed by atoms with Crippen LogP contribution in [0.15, 0.2) is 4.99 Å². The molecule has 2 aliphatic rings. The number of carbonyl (C=O) groups is 1. The Balaban J connectivity index is 1.68. The lowest BCUT2D eigenvalue weighted by Gasteiger charge is -2.34. The van der Waals surface area contributed by atoms with Gasteiger partial charge in [0.2, 0.25) is 5.91 Å². The van der Waals surface area contributed by atoms with Gasteiger partial charge in [-0.3, -0.25) is 9.79 Å². The van der Waals surface area contributed by atoms with Crippen molar-refractivity contribution >= 4 is 11.9 Å². The van der Waals surface area contributed by atoms with Gasteiger partial charge < -0.3 is 25.0 Å². The molecule has 2 aliphatic heterocycles. The maximum Gasteiger partial charge on any atom is 0.220 e. The van der Waals surface area contributed by atoms with Gasteiger partial charge in [0.25, 0.3) is 0 Å². The van der Waals surface area contributed by atoms with Gasteiger partial charge >= 0.3 is 0 Å². The normalized spacial score (nSPS) is 20.2. The molecule has 0 bridgehead atoms. The molecular formula is C19H36N4O3. The second-order valence-electron chi connectivity index (χ2n) is 7.08. The zero-order valence-corrected chi connectivity index (χ0v) is 16.5. The molecule has 0 spiro atoms. The number of aliphatic imine (C=N–C) groups is 1. The highest BCUT2D eigenvalue weighted by atomic mass is 16.5. The zero-order valence-electron chi connectivity index (χ0n) is 16.5. The smallest absolute Gasteiger partial charge is 0.220 e. The minimum Gasteiger partial charge on any atom is -0.381 e. The molecular weight excluding hydrogens is 332 g/mol. The van der Waals surface area contributed by atoms with E-state index in [1.807, 2.05) is 0 Å². The van der Waals surface area contributed by atoms with E-state index < -0.39 is 0 Å². The SMILES string of the molecule is CCNC(=NCCCOC1CCOCC1)N1CCC(CC(=O)NC)CC1. The predicted octanol–water partition coefficient (Wildman–Crippen LogP) is 1.39. The van der Waals surface area contributed by atoms with Gasteiger partial charge in [-0.15, -0.1) is 0 Å². The van der Waals surface area contributed by atoms with Crippen molar-refractivity contribution in [1.82, 2.24) is 15.5 Å². The maximum absolute atomic E-state index is 11.5. The van der Waals surface area contributed by atoms with Crippen LogP contribution in [-0.4, -0.2) is 75.9 Å². The first-order valence-electron chi connectivity index (χ1n) is 10.2. The molecule has 0 aromatic rings. The number of ether oxygens (including phenoxy) is 2. The fraction of sp³-hybridized carbons (Fsp3) is 0.895. The third-order valence-corrected chi connectivity index (χ3v) is 5.09. The van der Waals surface area contributed by atoms with Crippen LogP contribution in [0.3, 0.4) is 0 Å². The van der Waals surface area contributed by atoms with E-state index in [0.717, 1.165) is 84.1 Å². The first-order valence-corrected chi connectivity index (χ1v) is 10.2. The molecule has 0 radical (unpaired) electrons. The van der Waals surface area contributed by atoms with E-state index >= 15 is 0 Å².